The molecule has 0 unspecified atom stereocenters. The largest absolute Gasteiger partial charge is 0.325 e. The maximum absolute atomic E-state index is 12.2. The molecule has 0 atom stereocenters. The number of nitrogens with one attached hydrogen (secondary N) is 2. The van der Waals surface area contributed by atoms with Gasteiger partial charge in [0, 0.05) is 5.69 Å². The number of imidazole rings is 1. The Morgan fingerprint density at radius 2 is 2.04 bits per heavy atom. The molecule has 2 N–H and O–H groups in total. The van der Waals surface area contributed by atoms with Crippen LogP contribution in [0.1, 0.15) is 11.1 Å². The smallest absolute Gasteiger partial charge is 0.234 e. The number of thioether (sulfide) groups is 1. The number of para-hydroxylation sites is 2. The number of amides is 1. The molecule has 1 amide bonds. The van der Waals surface area contributed by atoms with E-state index in [9.17, 15) is 4.79 Å². The normalized spacial score (nSPS) is 11.3. The second-order valence-corrected chi connectivity index (χ2v) is 6.84. The first-order valence-electron chi connectivity index (χ1n) is 7.93. The maximum Gasteiger partial charge on any atom is 0.234 e. The van der Waals surface area contributed by atoms with Crippen LogP contribution >= 0.6 is 11.8 Å². The molecule has 0 bridgehead atoms. The fourth-order valence-electron chi connectivity index (χ4n) is 2.69. The summed E-state index contributed by atoms with van der Waals surface area (Å²) in [4.78, 5) is 16.7. The first-order valence-corrected chi connectivity index (χ1v) is 8.92. The molecule has 0 saturated heterocycles. The molecule has 0 spiro atoms. The number of carbonyl (C=O) groups is 1. The number of rotatable bonds is 4. The molecule has 25 heavy (non-hydrogen) atoms. The van der Waals surface area contributed by atoms with Crippen molar-refractivity contribution in [1.82, 2.24) is 19.6 Å². The monoisotopic (exact) mass is 351 g/mol. The number of nitrogens with zero attached hydrogens (tertiary/aromatic N) is 3. The summed E-state index contributed by atoms with van der Waals surface area (Å²) < 4.78 is 1.93. The lowest BCUT2D eigenvalue weighted by Gasteiger charge is -2.07. The number of fused-ring (bicyclic) bond motifs is 3. The molecule has 0 saturated carbocycles. The van der Waals surface area contributed by atoms with Gasteiger partial charge in [0.15, 0.2) is 5.16 Å². The average molecular weight is 351 g/mol. The summed E-state index contributed by atoms with van der Waals surface area (Å²) in [5, 5.41) is 10.8. The molecular formula is C18H17N5OS. The minimum atomic E-state index is -0.0613. The van der Waals surface area contributed by atoms with Crippen LogP contribution in [0.4, 0.5) is 5.69 Å². The van der Waals surface area contributed by atoms with Crippen molar-refractivity contribution < 1.29 is 4.79 Å². The minimum absolute atomic E-state index is 0.0613. The predicted molar refractivity (Wildman–Crippen MR) is 100 cm³/mol. The Hall–Kier alpha value is -2.80. The molecule has 0 fully saturated rings. The topological polar surface area (TPSA) is 75.1 Å². The summed E-state index contributed by atoms with van der Waals surface area (Å²) in [5.41, 5.74) is 5.05. The van der Waals surface area contributed by atoms with Crippen LogP contribution in [0, 0.1) is 13.8 Å². The van der Waals surface area contributed by atoms with Gasteiger partial charge in [-0.15, -0.1) is 5.10 Å². The molecule has 0 radical (unpaired) electrons. The highest BCUT2D eigenvalue weighted by Crippen LogP contribution is 2.23. The number of hydrogen-bond donors (Lipinski definition) is 2. The number of H-pyrrole nitrogens is 1. The zero-order valence-electron chi connectivity index (χ0n) is 13.9. The number of carbonyl (C=O) groups excluding carboxylic acids is 1. The number of anilines is 1. The third kappa shape index (κ3) is 2.98. The van der Waals surface area contributed by atoms with Crippen molar-refractivity contribution in [2.45, 2.75) is 19.0 Å². The number of aromatic amines is 1. The average Bonchev–Trinajstić information content (AvgIpc) is 3.15. The molecule has 4 aromatic rings. The number of benzene rings is 2. The highest BCUT2D eigenvalue weighted by atomic mass is 32.2. The van der Waals surface area contributed by atoms with Gasteiger partial charge in [-0.2, -0.15) is 0 Å². The molecule has 0 aliphatic rings. The van der Waals surface area contributed by atoms with E-state index in [4.69, 9.17) is 0 Å². The van der Waals surface area contributed by atoms with Crippen molar-refractivity contribution in [3.8, 4) is 0 Å². The lowest BCUT2D eigenvalue weighted by Crippen LogP contribution is -2.14. The standard InChI is InChI=1S/C18H17N5OS/c1-11-7-8-13(9-12(11)2)19-16(24)10-25-18-22-21-17-20-14-5-3-4-6-15(14)23(17)18/h3-9H,10H2,1-2H3,(H,19,24)(H,20,21). The van der Waals surface area contributed by atoms with Crippen molar-refractivity contribution >= 4 is 40.2 Å². The zero-order chi connectivity index (χ0) is 17.4. The van der Waals surface area contributed by atoms with Crippen LogP contribution in [-0.2, 0) is 4.79 Å². The van der Waals surface area contributed by atoms with E-state index >= 15 is 0 Å². The Kier molecular flexibility index (Phi) is 3.93. The third-order valence-corrected chi connectivity index (χ3v) is 5.07. The number of aryl methyl sites for hydroxylation is 2. The van der Waals surface area contributed by atoms with E-state index < -0.39 is 0 Å². The Balaban J connectivity index is 1.50. The number of hydrogen-bond acceptors (Lipinski definition) is 4. The van der Waals surface area contributed by atoms with Crippen molar-refractivity contribution in [1.29, 1.82) is 0 Å². The maximum atomic E-state index is 12.2. The Morgan fingerprint density at radius 3 is 2.88 bits per heavy atom. The summed E-state index contributed by atoms with van der Waals surface area (Å²) in [6.45, 7) is 4.08. The molecule has 2 aromatic carbocycles. The molecule has 7 heteroatoms. The fourth-order valence-corrected chi connectivity index (χ4v) is 3.44. The Labute approximate surface area is 148 Å². The van der Waals surface area contributed by atoms with E-state index in [1.54, 1.807) is 0 Å². The minimum Gasteiger partial charge on any atom is -0.325 e. The molecule has 6 nitrogen and oxygen atoms in total. The molecule has 4 rings (SSSR count). The van der Waals surface area contributed by atoms with Crippen LogP contribution in [-0.4, -0.2) is 31.2 Å². The predicted octanol–water partition coefficient (Wildman–Crippen LogP) is 3.56. The van der Waals surface area contributed by atoms with Crippen molar-refractivity contribution in [3.05, 3.63) is 53.6 Å². The van der Waals surface area contributed by atoms with Crippen LogP contribution in [0.25, 0.3) is 16.8 Å². The lowest BCUT2D eigenvalue weighted by atomic mass is 10.1. The summed E-state index contributed by atoms with van der Waals surface area (Å²) >= 11 is 1.38. The molecule has 0 aliphatic carbocycles. The van der Waals surface area contributed by atoms with Crippen molar-refractivity contribution in [3.63, 3.8) is 0 Å². The lowest BCUT2D eigenvalue weighted by molar-refractivity contribution is -0.113. The molecule has 126 valence electrons. The van der Waals surface area contributed by atoms with E-state index in [0.717, 1.165) is 27.4 Å². The van der Waals surface area contributed by atoms with Gasteiger partial charge >= 0.3 is 0 Å². The highest BCUT2D eigenvalue weighted by Gasteiger charge is 2.13. The van der Waals surface area contributed by atoms with Gasteiger partial charge in [-0.25, -0.2) is 10.1 Å². The fraction of sp³-hybridized carbons (Fsp3) is 0.167. The molecule has 2 heterocycles. The molecule has 0 aliphatic heterocycles. The Bertz CT molecular complexity index is 1080. The van der Waals surface area contributed by atoms with Gasteiger partial charge in [-0.3, -0.25) is 9.20 Å². The van der Waals surface area contributed by atoms with E-state index in [2.05, 4.69) is 27.4 Å². The van der Waals surface area contributed by atoms with E-state index in [1.165, 1.54) is 17.3 Å². The third-order valence-electron chi connectivity index (χ3n) is 4.13. The quantitative estimate of drug-likeness (QED) is 0.551. The summed E-state index contributed by atoms with van der Waals surface area (Å²) in [6, 6.07) is 13.8. The summed E-state index contributed by atoms with van der Waals surface area (Å²) in [6.07, 6.45) is 0. The first kappa shape index (κ1) is 15.7. The second-order valence-electron chi connectivity index (χ2n) is 5.90. The Morgan fingerprint density at radius 1 is 1.20 bits per heavy atom. The van der Waals surface area contributed by atoms with E-state index in [1.807, 2.05) is 53.8 Å². The van der Waals surface area contributed by atoms with Gasteiger partial charge < -0.3 is 5.32 Å². The van der Waals surface area contributed by atoms with Crippen LogP contribution in [0.2, 0.25) is 0 Å². The van der Waals surface area contributed by atoms with Gasteiger partial charge in [0.2, 0.25) is 11.7 Å². The van der Waals surface area contributed by atoms with Crippen LogP contribution in [0.5, 0.6) is 0 Å². The summed E-state index contributed by atoms with van der Waals surface area (Å²) in [7, 11) is 0. The molecule has 2 aromatic heterocycles. The van der Waals surface area contributed by atoms with E-state index in [-0.39, 0.29) is 11.7 Å². The number of aromatic nitrogens is 4. The van der Waals surface area contributed by atoms with Crippen molar-refractivity contribution in [2.75, 3.05) is 11.1 Å². The van der Waals surface area contributed by atoms with Crippen LogP contribution < -0.4 is 5.32 Å². The SMILES string of the molecule is Cc1ccc(NC(=O)CSc2n[nH]c3nc4ccccc4n23)cc1C. The highest BCUT2D eigenvalue weighted by molar-refractivity contribution is 7.99. The van der Waals surface area contributed by atoms with Gasteiger partial charge in [-0.1, -0.05) is 30.0 Å². The van der Waals surface area contributed by atoms with Gasteiger partial charge in [0.1, 0.15) is 0 Å². The zero-order valence-corrected chi connectivity index (χ0v) is 14.7. The van der Waals surface area contributed by atoms with E-state index in [0.29, 0.717) is 5.78 Å². The summed E-state index contributed by atoms with van der Waals surface area (Å²) in [5.74, 6) is 0.895. The van der Waals surface area contributed by atoms with Crippen LogP contribution in [0.3, 0.4) is 0 Å². The second kappa shape index (κ2) is 6.25. The van der Waals surface area contributed by atoms with Gasteiger partial charge in [-0.05, 0) is 49.2 Å². The van der Waals surface area contributed by atoms with Crippen molar-refractivity contribution in [2.24, 2.45) is 0 Å². The van der Waals surface area contributed by atoms with Gasteiger partial charge in [0.25, 0.3) is 0 Å². The first-order chi connectivity index (χ1) is 12.1. The van der Waals surface area contributed by atoms with Crippen LogP contribution in [0.15, 0.2) is 47.6 Å². The van der Waals surface area contributed by atoms with Gasteiger partial charge in [0.05, 0.1) is 16.8 Å². The molecular weight excluding hydrogens is 334 g/mol.